The monoisotopic (exact) mass is 352 g/mol. The average Bonchev–Trinajstić information content (AvgIpc) is 2.45. The lowest BCUT2D eigenvalue weighted by atomic mass is 10.1. The normalized spacial score (nSPS) is 13.3. The minimum Gasteiger partial charge on any atom is -0.508 e. The first-order chi connectivity index (χ1) is 10.3. The number of carbonyl (C=O) groups is 1. The molecular weight excluding hydrogens is 344 g/mol. The molecule has 0 atom stereocenters. The number of benzene rings is 1. The number of phenols is 1. The number of hydrogen-bond acceptors (Lipinski definition) is 3. The summed E-state index contributed by atoms with van der Waals surface area (Å²) in [5.41, 5.74) is -0.456. The van der Waals surface area contributed by atoms with Crippen LogP contribution in [0.1, 0.15) is 10.4 Å². The molecule has 0 unspecified atom stereocenters. The number of phenolic OH excluding ortho intramolecular Hbond substituents is 1. The van der Waals surface area contributed by atoms with Crippen molar-refractivity contribution in [3.8, 4) is 5.75 Å². The fourth-order valence-electron chi connectivity index (χ4n) is 1.31. The molecule has 1 aromatic rings. The number of alkyl halides is 8. The van der Waals surface area contributed by atoms with Crippen LogP contribution in [0, 0.1) is 0 Å². The van der Waals surface area contributed by atoms with Crippen molar-refractivity contribution in [1.82, 2.24) is 0 Å². The van der Waals surface area contributed by atoms with Crippen molar-refractivity contribution in [3.05, 3.63) is 29.8 Å². The molecule has 23 heavy (non-hydrogen) atoms. The molecule has 0 aliphatic rings. The lowest BCUT2D eigenvalue weighted by Crippen LogP contribution is -2.59. The summed E-state index contributed by atoms with van der Waals surface area (Å²) in [7, 11) is 0. The quantitative estimate of drug-likeness (QED) is 0.627. The third-order valence-electron chi connectivity index (χ3n) is 2.64. The Balaban J connectivity index is 2.86. The standard InChI is InChI=1S/C12H8F8O3/c13-9(14)11(17,18)12(19,20)10(15,16)5-23-8(22)6-1-3-7(21)4-2-6/h1-4,9,21H,5H2. The number of esters is 1. The van der Waals surface area contributed by atoms with Crippen LogP contribution < -0.4 is 0 Å². The number of aromatic hydroxyl groups is 1. The zero-order valence-corrected chi connectivity index (χ0v) is 10.9. The lowest BCUT2D eigenvalue weighted by Gasteiger charge is -2.31. The van der Waals surface area contributed by atoms with E-state index in [2.05, 4.69) is 4.74 Å². The summed E-state index contributed by atoms with van der Waals surface area (Å²) < 4.78 is 105. The predicted octanol–water partition coefficient (Wildman–Crippen LogP) is 3.72. The maximum absolute atomic E-state index is 13.1. The van der Waals surface area contributed by atoms with Crippen LogP contribution >= 0.6 is 0 Å². The van der Waals surface area contributed by atoms with Crippen LogP contribution in [0.3, 0.4) is 0 Å². The first-order valence-corrected chi connectivity index (χ1v) is 5.70. The van der Waals surface area contributed by atoms with Gasteiger partial charge in [-0.05, 0) is 24.3 Å². The van der Waals surface area contributed by atoms with Gasteiger partial charge in [-0.25, -0.2) is 13.6 Å². The fraction of sp³-hybridized carbons (Fsp3) is 0.417. The largest absolute Gasteiger partial charge is 0.508 e. The molecule has 0 fully saturated rings. The van der Waals surface area contributed by atoms with Crippen LogP contribution in [0.15, 0.2) is 24.3 Å². The van der Waals surface area contributed by atoms with Crippen molar-refractivity contribution in [2.75, 3.05) is 6.61 Å². The summed E-state index contributed by atoms with van der Waals surface area (Å²) in [6.07, 6.45) is -5.05. The van der Waals surface area contributed by atoms with Gasteiger partial charge < -0.3 is 9.84 Å². The topological polar surface area (TPSA) is 46.5 Å². The minimum absolute atomic E-state index is 0.310. The molecule has 130 valence electrons. The molecule has 0 spiro atoms. The van der Waals surface area contributed by atoms with Crippen molar-refractivity contribution in [2.45, 2.75) is 24.2 Å². The smallest absolute Gasteiger partial charge is 0.381 e. The Morgan fingerprint density at radius 2 is 1.52 bits per heavy atom. The molecule has 11 heteroatoms. The first-order valence-electron chi connectivity index (χ1n) is 5.70. The number of hydrogen-bond donors (Lipinski definition) is 1. The Labute approximate surface area is 123 Å². The second-order valence-corrected chi connectivity index (χ2v) is 4.33. The summed E-state index contributed by atoms with van der Waals surface area (Å²) in [4.78, 5) is 11.3. The van der Waals surface area contributed by atoms with Gasteiger partial charge in [0.15, 0.2) is 6.61 Å². The Kier molecular flexibility index (Phi) is 5.12. The van der Waals surface area contributed by atoms with E-state index in [-0.39, 0.29) is 5.75 Å². The lowest BCUT2D eigenvalue weighted by molar-refractivity contribution is -0.343. The summed E-state index contributed by atoms with van der Waals surface area (Å²) >= 11 is 0. The van der Waals surface area contributed by atoms with E-state index in [1.165, 1.54) is 0 Å². The maximum atomic E-state index is 13.1. The molecule has 1 rings (SSSR count). The van der Waals surface area contributed by atoms with E-state index in [0.29, 0.717) is 0 Å². The van der Waals surface area contributed by atoms with Gasteiger partial charge in [-0.15, -0.1) is 0 Å². The van der Waals surface area contributed by atoms with Gasteiger partial charge in [0.1, 0.15) is 5.75 Å². The van der Waals surface area contributed by atoms with E-state index in [0.717, 1.165) is 24.3 Å². The molecule has 0 aliphatic heterocycles. The van der Waals surface area contributed by atoms with E-state index in [1.54, 1.807) is 0 Å². The summed E-state index contributed by atoms with van der Waals surface area (Å²) in [6.45, 7) is -2.54. The van der Waals surface area contributed by atoms with Gasteiger partial charge in [-0.3, -0.25) is 0 Å². The van der Waals surface area contributed by atoms with Crippen molar-refractivity contribution in [2.24, 2.45) is 0 Å². The Hall–Kier alpha value is -2.07. The van der Waals surface area contributed by atoms with E-state index >= 15 is 0 Å². The van der Waals surface area contributed by atoms with E-state index in [4.69, 9.17) is 5.11 Å². The van der Waals surface area contributed by atoms with Crippen LogP contribution in [0.4, 0.5) is 35.1 Å². The summed E-state index contributed by atoms with van der Waals surface area (Å²) in [5.74, 6) is -20.4. The van der Waals surface area contributed by atoms with Crippen LogP contribution in [0.5, 0.6) is 5.75 Å². The van der Waals surface area contributed by atoms with Gasteiger partial charge in [0.25, 0.3) is 0 Å². The summed E-state index contributed by atoms with van der Waals surface area (Å²) in [6, 6.07) is 3.63. The first kappa shape index (κ1) is 19.0. The Morgan fingerprint density at radius 1 is 1.04 bits per heavy atom. The molecule has 0 radical (unpaired) electrons. The van der Waals surface area contributed by atoms with Gasteiger partial charge in [0.2, 0.25) is 0 Å². The average molecular weight is 352 g/mol. The zero-order valence-electron chi connectivity index (χ0n) is 10.9. The molecular formula is C12H8F8O3. The third kappa shape index (κ3) is 3.64. The van der Waals surface area contributed by atoms with Gasteiger partial charge in [-0.2, -0.15) is 26.3 Å². The van der Waals surface area contributed by atoms with E-state index in [9.17, 15) is 39.9 Å². The number of halogens is 8. The van der Waals surface area contributed by atoms with E-state index < -0.39 is 42.3 Å². The second kappa shape index (κ2) is 6.20. The zero-order chi connectivity index (χ0) is 18.1. The maximum Gasteiger partial charge on any atom is 0.381 e. The minimum atomic E-state index is -6.44. The third-order valence-corrected chi connectivity index (χ3v) is 2.64. The number of ether oxygens (including phenoxy) is 1. The van der Waals surface area contributed by atoms with Gasteiger partial charge in [-0.1, -0.05) is 0 Å². The highest BCUT2D eigenvalue weighted by Gasteiger charge is 2.75. The van der Waals surface area contributed by atoms with Crippen LogP contribution in [-0.4, -0.2) is 41.9 Å². The highest BCUT2D eigenvalue weighted by molar-refractivity contribution is 5.89. The van der Waals surface area contributed by atoms with Gasteiger partial charge in [0, 0.05) is 0 Å². The number of rotatable bonds is 6. The molecule has 0 amide bonds. The molecule has 0 aliphatic carbocycles. The molecule has 1 N–H and O–H groups in total. The molecule has 0 bridgehead atoms. The van der Waals surface area contributed by atoms with Gasteiger partial charge in [0.05, 0.1) is 5.56 Å². The Morgan fingerprint density at radius 3 is 1.96 bits per heavy atom. The molecule has 0 heterocycles. The molecule has 0 saturated heterocycles. The van der Waals surface area contributed by atoms with Crippen molar-refractivity contribution >= 4 is 5.97 Å². The summed E-state index contributed by atoms with van der Waals surface area (Å²) in [5, 5.41) is 8.92. The second-order valence-electron chi connectivity index (χ2n) is 4.33. The van der Waals surface area contributed by atoms with Crippen molar-refractivity contribution in [3.63, 3.8) is 0 Å². The molecule has 0 aromatic heterocycles. The van der Waals surface area contributed by atoms with Crippen LogP contribution in [-0.2, 0) is 4.74 Å². The van der Waals surface area contributed by atoms with Crippen LogP contribution in [0.25, 0.3) is 0 Å². The van der Waals surface area contributed by atoms with Crippen molar-refractivity contribution < 1.29 is 49.8 Å². The van der Waals surface area contributed by atoms with Gasteiger partial charge >= 0.3 is 30.2 Å². The van der Waals surface area contributed by atoms with E-state index in [1.807, 2.05) is 0 Å². The molecule has 1 aromatic carbocycles. The predicted molar refractivity (Wildman–Crippen MR) is 59.2 cm³/mol. The molecule has 3 nitrogen and oxygen atoms in total. The molecule has 0 saturated carbocycles. The fourth-order valence-corrected chi connectivity index (χ4v) is 1.31. The highest BCUT2D eigenvalue weighted by Crippen LogP contribution is 2.48. The Bertz CT molecular complexity index is 556. The van der Waals surface area contributed by atoms with Crippen molar-refractivity contribution in [1.29, 1.82) is 0 Å². The van der Waals surface area contributed by atoms with Crippen LogP contribution in [0.2, 0.25) is 0 Å². The number of carbonyl (C=O) groups excluding carboxylic acids is 1. The SMILES string of the molecule is O=C(OCC(F)(F)C(F)(F)C(F)(F)C(F)F)c1ccc(O)cc1. The highest BCUT2D eigenvalue weighted by atomic mass is 19.4.